The van der Waals surface area contributed by atoms with Crippen molar-refractivity contribution in [3.05, 3.63) is 45.3 Å². The van der Waals surface area contributed by atoms with Crippen LogP contribution in [0.1, 0.15) is 32.3 Å². The first-order valence-corrected chi connectivity index (χ1v) is 11.1. The lowest BCUT2D eigenvalue weighted by molar-refractivity contribution is 0.210. The summed E-state index contributed by atoms with van der Waals surface area (Å²) in [6.45, 7) is 4.77. The average molecular weight is 449 g/mol. The predicted octanol–water partition coefficient (Wildman–Crippen LogP) is 3.69. The van der Waals surface area contributed by atoms with E-state index in [1.54, 1.807) is 19.2 Å². The zero-order chi connectivity index (χ0) is 21.8. The first-order valence-electron chi connectivity index (χ1n) is 9.78. The van der Waals surface area contributed by atoms with Crippen LogP contribution in [0.4, 0.5) is 10.6 Å². The summed E-state index contributed by atoms with van der Waals surface area (Å²) in [5, 5.41) is 1.09. The minimum Gasteiger partial charge on any atom is -0.382 e. The van der Waals surface area contributed by atoms with Crippen LogP contribution in [-0.2, 0) is 6.54 Å². The molecule has 1 aromatic carbocycles. The third-order valence-corrected chi connectivity index (χ3v) is 5.84. The molecule has 0 bridgehead atoms. The Hall–Kier alpha value is -2.52. The smallest absolute Gasteiger partial charge is 0.339 e. The lowest BCUT2D eigenvalue weighted by atomic mass is 10.2. The first kappa shape index (κ1) is 22.2. The number of amides is 1. The van der Waals surface area contributed by atoms with Gasteiger partial charge in [-0.15, -0.1) is 0 Å². The van der Waals surface area contributed by atoms with Crippen molar-refractivity contribution in [2.45, 2.75) is 38.4 Å². The van der Waals surface area contributed by atoms with Crippen molar-refractivity contribution in [2.75, 3.05) is 25.1 Å². The van der Waals surface area contributed by atoms with Crippen LogP contribution in [0.3, 0.4) is 0 Å². The van der Waals surface area contributed by atoms with Crippen molar-refractivity contribution < 1.29 is 4.79 Å². The monoisotopic (exact) mass is 448 g/mol. The van der Waals surface area contributed by atoms with Gasteiger partial charge >= 0.3 is 11.7 Å². The quantitative estimate of drug-likeness (QED) is 0.437. The molecule has 2 aromatic heterocycles. The summed E-state index contributed by atoms with van der Waals surface area (Å²) >= 11 is 7.44. The molecule has 10 heteroatoms. The molecular weight excluding hydrogens is 424 g/mol. The Balaban J connectivity index is 2.20. The van der Waals surface area contributed by atoms with Gasteiger partial charge in [-0.1, -0.05) is 49.3 Å². The minimum absolute atomic E-state index is 0.115. The molecule has 0 fully saturated rings. The summed E-state index contributed by atoms with van der Waals surface area (Å²) in [4.78, 5) is 36.7. The van der Waals surface area contributed by atoms with Crippen molar-refractivity contribution in [1.29, 1.82) is 0 Å². The summed E-state index contributed by atoms with van der Waals surface area (Å²) in [6.07, 6.45) is 1.72. The summed E-state index contributed by atoms with van der Waals surface area (Å²) in [7, 11) is 1.66. The molecule has 2 N–H and O–H groups in total. The summed E-state index contributed by atoms with van der Waals surface area (Å²) in [6, 6.07) is 6.73. The highest BCUT2D eigenvalue weighted by atomic mass is 35.5. The number of nitrogens with two attached hydrogens (primary N) is 1. The fourth-order valence-electron chi connectivity index (χ4n) is 3.10. The third-order valence-electron chi connectivity index (χ3n) is 4.54. The van der Waals surface area contributed by atoms with Crippen LogP contribution in [-0.4, -0.2) is 49.4 Å². The zero-order valence-corrected chi connectivity index (χ0v) is 18.8. The average Bonchev–Trinajstić information content (AvgIpc) is 3.00. The van der Waals surface area contributed by atoms with Crippen LogP contribution in [0.25, 0.3) is 11.2 Å². The molecule has 0 saturated carbocycles. The number of fused-ring (bicyclic) bond motifs is 1. The third kappa shape index (κ3) is 4.46. The fraction of sp³-hybridized carbons (Fsp3) is 0.400. The van der Waals surface area contributed by atoms with Crippen LogP contribution in [0.2, 0.25) is 5.02 Å². The highest BCUT2D eigenvalue weighted by Crippen LogP contribution is 2.24. The number of thioether (sulfide) groups is 1. The molecule has 0 unspecified atom stereocenters. The van der Waals surface area contributed by atoms with Gasteiger partial charge < -0.3 is 10.6 Å². The van der Waals surface area contributed by atoms with E-state index < -0.39 is 11.7 Å². The van der Waals surface area contributed by atoms with E-state index in [-0.39, 0.29) is 17.9 Å². The first-order chi connectivity index (χ1) is 14.4. The molecule has 1 amide bonds. The molecule has 0 aliphatic carbocycles. The van der Waals surface area contributed by atoms with Gasteiger partial charge in [-0.05, 0) is 30.5 Å². The standard InChI is InChI=1S/C20H25ClN6O2S/c1-4-10-25(3)19(28)27-15-16(22)23-18(30-11-5-2)24-17(15)26(20(27)29)12-13-6-8-14(21)9-7-13/h6-9H,4-5,10-12H2,1-3H3,(H2,22,23,24). The second kappa shape index (κ2) is 9.53. The van der Waals surface area contributed by atoms with Gasteiger partial charge in [0, 0.05) is 24.4 Å². The Labute approximate surface area is 184 Å². The number of aromatic nitrogens is 4. The van der Waals surface area contributed by atoms with E-state index in [0.29, 0.717) is 22.4 Å². The minimum atomic E-state index is -0.494. The predicted molar refractivity (Wildman–Crippen MR) is 121 cm³/mol. The lowest BCUT2D eigenvalue weighted by Gasteiger charge is -2.16. The van der Waals surface area contributed by atoms with Crippen LogP contribution in [0.5, 0.6) is 0 Å². The van der Waals surface area contributed by atoms with Crippen molar-refractivity contribution in [1.82, 2.24) is 24.0 Å². The van der Waals surface area contributed by atoms with Crippen LogP contribution < -0.4 is 11.4 Å². The summed E-state index contributed by atoms with van der Waals surface area (Å²) in [5.41, 5.74) is 7.16. The maximum atomic E-state index is 13.3. The van der Waals surface area contributed by atoms with Crippen molar-refractivity contribution in [3.63, 3.8) is 0 Å². The summed E-state index contributed by atoms with van der Waals surface area (Å²) < 4.78 is 2.54. The highest BCUT2D eigenvalue weighted by Gasteiger charge is 2.25. The van der Waals surface area contributed by atoms with Crippen molar-refractivity contribution >= 4 is 46.4 Å². The fourth-order valence-corrected chi connectivity index (χ4v) is 3.93. The largest absolute Gasteiger partial charge is 0.382 e. The number of carbonyl (C=O) groups excluding carboxylic acids is 1. The van der Waals surface area contributed by atoms with E-state index in [0.717, 1.165) is 28.7 Å². The van der Waals surface area contributed by atoms with Crippen LogP contribution >= 0.6 is 23.4 Å². The van der Waals surface area contributed by atoms with E-state index in [9.17, 15) is 9.59 Å². The van der Waals surface area contributed by atoms with E-state index in [4.69, 9.17) is 17.3 Å². The van der Waals surface area contributed by atoms with Gasteiger partial charge in [0.2, 0.25) is 0 Å². The number of imidazole rings is 1. The van der Waals surface area contributed by atoms with Gasteiger partial charge in [-0.2, -0.15) is 0 Å². The van der Waals surface area contributed by atoms with Gasteiger partial charge in [0.1, 0.15) is 5.52 Å². The maximum absolute atomic E-state index is 13.3. The van der Waals surface area contributed by atoms with E-state index in [2.05, 4.69) is 16.9 Å². The zero-order valence-electron chi connectivity index (χ0n) is 17.3. The molecule has 0 saturated heterocycles. The lowest BCUT2D eigenvalue weighted by Crippen LogP contribution is -2.38. The number of carbonyl (C=O) groups is 1. The highest BCUT2D eigenvalue weighted by molar-refractivity contribution is 7.99. The number of hydrogen-bond donors (Lipinski definition) is 1. The number of benzene rings is 1. The Kier molecular flexibility index (Phi) is 7.04. The molecule has 30 heavy (non-hydrogen) atoms. The Morgan fingerprint density at radius 3 is 2.53 bits per heavy atom. The Morgan fingerprint density at radius 1 is 1.20 bits per heavy atom. The second-order valence-electron chi connectivity index (χ2n) is 6.95. The Bertz CT molecular complexity index is 1110. The molecule has 0 aliphatic rings. The number of nitrogen functional groups attached to an aromatic ring is 1. The van der Waals surface area contributed by atoms with Gasteiger partial charge in [-0.25, -0.2) is 24.1 Å². The van der Waals surface area contributed by atoms with Gasteiger partial charge in [0.15, 0.2) is 16.6 Å². The molecule has 0 aliphatic heterocycles. The molecule has 0 radical (unpaired) electrons. The number of anilines is 1. The normalized spacial score (nSPS) is 11.2. The van der Waals surface area contributed by atoms with Crippen molar-refractivity contribution in [3.8, 4) is 0 Å². The Morgan fingerprint density at radius 2 is 1.90 bits per heavy atom. The number of nitrogens with zero attached hydrogens (tertiary/aromatic N) is 5. The molecule has 8 nitrogen and oxygen atoms in total. The van der Waals surface area contributed by atoms with Crippen LogP contribution in [0.15, 0.2) is 34.2 Å². The van der Waals surface area contributed by atoms with Gasteiger partial charge in [0.05, 0.1) is 6.54 Å². The van der Waals surface area contributed by atoms with Gasteiger partial charge in [0.25, 0.3) is 0 Å². The number of hydrogen-bond acceptors (Lipinski definition) is 6. The van der Waals surface area contributed by atoms with E-state index in [1.807, 2.05) is 19.1 Å². The molecule has 2 heterocycles. The topological polar surface area (TPSA) is 99.0 Å². The molecule has 0 atom stereocenters. The molecule has 3 rings (SSSR count). The van der Waals surface area contributed by atoms with Crippen molar-refractivity contribution in [2.24, 2.45) is 0 Å². The van der Waals surface area contributed by atoms with E-state index >= 15 is 0 Å². The molecule has 0 spiro atoms. The number of rotatable bonds is 7. The molecule has 160 valence electrons. The van der Waals surface area contributed by atoms with E-state index in [1.165, 1.54) is 21.2 Å². The summed E-state index contributed by atoms with van der Waals surface area (Å²) in [5.74, 6) is 0.939. The van der Waals surface area contributed by atoms with Gasteiger partial charge in [-0.3, -0.25) is 4.57 Å². The number of halogens is 1. The molecule has 3 aromatic rings. The maximum Gasteiger partial charge on any atom is 0.339 e. The van der Waals surface area contributed by atoms with Crippen LogP contribution in [0, 0.1) is 0 Å². The second-order valence-corrected chi connectivity index (χ2v) is 8.45. The molecular formula is C20H25ClN6O2S. The SMILES string of the molecule is CCCSc1nc(N)c2c(n1)n(Cc1ccc(Cl)cc1)c(=O)n2C(=O)N(C)CCC.